The zero-order valence-corrected chi connectivity index (χ0v) is 13.1. The summed E-state index contributed by atoms with van der Waals surface area (Å²) in [5, 5.41) is 3.58. The highest BCUT2D eigenvalue weighted by atomic mass is 79.9. The van der Waals surface area contributed by atoms with Crippen LogP contribution >= 0.6 is 15.9 Å². The Hall–Kier alpha value is -1.48. The van der Waals surface area contributed by atoms with Crippen LogP contribution in [0, 0.1) is 0 Å². The molecule has 104 valence electrons. The van der Waals surface area contributed by atoms with Crippen molar-refractivity contribution in [3.05, 3.63) is 58.6 Å². The number of anilines is 1. The molecule has 0 spiro atoms. The Balaban J connectivity index is 1.59. The molecule has 1 saturated carbocycles. The predicted octanol–water partition coefficient (Wildman–Crippen LogP) is 4.82. The van der Waals surface area contributed by atoms with Gasteiger partial charge in [-0.15, -0.1) is 0 Å². The van der Waals surface area contributed by atoms with Crippen LogP contribution in [0.1, 0.15) is 24.3 Å². The fraction of sp³-hybridized carbons (Fsp3) is 0.294. The maximum Gasteiger partial charge on any atom is 0.135 e. The Morgan fingerprint density at radius 3 is 2.55 bits per heavy atom. The molecule has 1 fully saturated rings. The van der Waals surface area contributed by atoms with Crippen molar-refractivity contribution >= 4 is 21.6 Å². The fourth-order valence-corrected chi connectivity index (χ4v) is 3.13. The molecular formula is C17H18BrNO. The lowest BCUT2D eigenvalue weighted by Crippen LogP contribution is -2.33. The highest BCUT2D eigenvalue weighted by Crippen LogP contribution is 2.39. The van der Waals surface area contributed by atoms with Gasteiger partial charge in [-0.2, -0.15) is 0 Å². The minimum Gasteiger partial charge on any atom is -0.495 e. The number of nitrogens with one attached hydrogen (secondary N) is 1. The topological polar surface area (TPSA) is 21.3 Å². The molecule has 3 heteroatoms. The van der Waals surface area contributed by atoms with Crippen molar-refractivity contribution in [2.45, 2.75) is 24.8 Å². The summed E-state index contributed by atoms with van der Waals surface area (Å²) in [7, 11) is 1.69. The average Bonchev–Trinajstić information content (AvgIpc) is 2.45. The van der Waals surface area contributed by atoms with E-state index in [0.717, 1.165) is 15.9 Å². The van der Waals surface area contributed by atoms with Crippen LogP contribution < -0.4 is 10.1 Å². The third kappa shape index (κ3) is 2.83. The van der Waals surface area contributed by atoms with Gasteiger partial charge < -0.3 is 10.1 Å². The lowest BCUT2D eigenvalue weighted by Gasteiger charge is -2.37. The van der Waals surface area contributed by atoms with E-state index in [-0.39, 0.29) is 0 Å². The van der Waals surface area contributed by atoms with Crippen molar-refractivity contribution in [3.8, 4) is 5.75 Å². The summed E-state index contributed by atoms with van der Waals surface area (Å²) in [6, 6.07) is 17.5. The van der Waals surface area contributed by atoms with Crippen LogP contribution in [-0.2, 0) is 0 Å². The summed E-state index contributed by atoms with van der Waals surface area (Å²) >= 11 is 3.48. The minimum atomic E-state index is 0.561. The third-order valence-electron chi connectivity index (χ3n) is 3.93. The second kappa shape index (κ2) is 5.88. The third-order valence-corrected chi connectivity index (χ3v) is 4.59. The van der Waals surface area contributed by atoms with Crippen molar-refractivity contribution in [1.82, 2.24) is 0 Å². The summed E-state index contributed by atoms with van der Waals surface area (Å²) in [5.41, 5.74) is 2.58. The lowest BCUT2D eigenvalue weighted by atomic mass is 9.76. The standard InChI is InChI=1S/C17H18BrNO/c1-20-17-11-14(7-8-16(17)18)19-15-9-13(10-15)12-5-3-2-4-6-12/h2-8,11,13,15,19H,9-10H2,1H3. The summed E-state index contributed by atoms with van der Waals surface area (Å²) in [6.45, 7) is 0. The minimum absolute atomic E-state index is 0.561. The van der Waals surface area contributed by atoms with Crippen molar-refractivity contribution in [3.63, 3.8) is 0 Å². The first-order valence-electron chi connectivity index (χ1n) is 6.91. The Morgan fingerprint density at radius 2 is 1.85 bits per heavy atom. The molecule has 2 nitrogen and oxygen atoms in total. The van der Waals surface area contributed by atoms with E-state index in [1.165, 1.54) is 18.4 Å². The van der Waals surface area contributed by atoms with Crippen molar-refractivity contribution in [1.29, 1.82) is 0 Å². The van der Waals surface area contributed by atoms with E-state index in [0.29, 0.717) is 12.0 Å². The van der Waals surface area contributed by atoms with Gasteiger partial charge in [-0.3, -0.25) is 0 Å². The Morgan fingerprint density at radius 1 is 1.10 bits per heavy atom. The van der Waals surface area contributed by atoms with Crippen LogP contribution in [0.2, 0.25) is 0 Å². The molecule has 0 bridgehead atoms. The van der Waals surface area contributed by atoms with Gasteiger partial charge in [0.2, 0.25) is 0 Å². The van der Waals surface area contributed by atoms with E-state index in [1.807, 2.05) is 12.1 Å². The van der Waals surface area contributed by atoms with Crippen LogP contribution in [0.25, 0.3) is 0 Å². The smallest absolute Gasteiger partial charge is 0.135 e. The van der Waals surface area contributed by atoms with Gasteiger partial charge in [0.1, 0.15) is 5.75 Å². The zero-order chi connectivity index (χ0) is 13.9. The Labute approximate surface area is 128 Å². The van der Waals surface area contributed by atoms with E-state index in [4.69, 9.17) is 4.74 Å². The number of hydrogen-bond acceptors (Lipinski definition) is 2. The van der Waals surface area contributed by atoms with Gasteiger partial charge in [-0.1, -0.05) is 30.3 Å². The van der Waals surface area contributed by atoms with Crippen molar-refractivity contribution in [2.75, 3.05) is 12.4 Å². The van der Waals surface area contributed by atoms with Crippen LogP contribution in [0.4, 0.5) is 5.69 Å². The van der Waals surface area contributed by atoms with Crippen LogP contribution in [0.5, 0.6) is 5.75 Å². The summed E-state index contributed by atoms with van der Waals surface area (Å²) in [5.74, 6) is 1.57. The Kier molecular flexibility index (Phi) is 3.97. The monoisotopic (exact) mass is 331 g/mol. The number of hydrogen-bond donors (Lipinski definition) is 1. The molecule has 1 aliphatic rings. The van der Waals surface area contributed by atoms with Gasteiger partial charge in [-0.25, -0.2) is 0 Å². The van der Waals surface area contributed by atoms with Gasteiger partial charge in [0.05, 0.1) is 11.6 Å². The molecule has 1 aliphatic carbocycles. The number of halogens is 1. The zero-order valence-electron chi connectivity index (χ0n) is 11.5. The first-order chi connectivity index (χ1) is 9.76. The summed E-state index contributed by atoms with van der Waals surface area (Å²) < 4.78 is 6.31. The molecule has 2 aromatic carbocycles. The first kappa shape index (κ1) is 13.5. The maximum absolute atomic E-state index is 5.32. The van der Waals surface area contributed by atoms with Crippen LogP contribution in [-0.4, -0.2) is 13.2 Å². The highest BCUT2D eigenvalue weighted by Gasteiger charge is 2.30. The van der Waals surface area contributed by atoms with Crippen LogP contribution in [0.3, 0.4) is 0 Å². The van der Waals surface area contributed by atoms with E-state index < -0.39 is 0 Å². The predicted molar refractivity (Wildman–Crippen MR) is 86.5 cm³/mol. The molecule has 0 amide bonds. The summed E-state index contributed by atoms with van der Waals surface area (Å²) in [4.78, 5) is 0. The molecular weight excluding hydrogens is 314 g/mol. The molecule has 0 heterocycles. The molecule has 0 aliphatic heterocycles. The van der Waals surface area contributed by atoms with E-state index >= 15 is 0 Å². The molecule has 3 rings (SSSR count). The quantitative estimate of drug-likeness (QED) is 0.867. The lowest BCUT2D eigenvalue weighted by molar-refractivity contribution is 0.373. The molecule has 20 heavy (non-hydrogen) atoms. The fourth-order valence-electron chi connectivity index (χ4n) is 2.72. The molecule has 1 N–H and O–H groups in total. The SMILES string of the molecule is COc1cc(NC2CC(c3ccccc3)C2)ccc1Br. The normalized spacial score (nSPS) is 21.1. The van der Waals surface area contributed by atoms with Crippen molar-refractivity contribution < 1.29 is 4.74 Å². The molecule has 0 unspecified atom stereocenters. The molecule has 0 radical (unpaired) electrons. The van der Waals surface area contributed by atoms with Crippen molar-refractivity contribution in [2.24, 2.45) is 0 Å². The molecule has 0 atom stereocenters. The van der Waals surface area contributed by atoms with E-state index in [1.54, 1.807) is 7.11 Å². The maximum atomic E-state index is 5.32. The number of rotatable bonds is 4. The Bertz CT molecular complexity index is 579. The second-order valence-corrected chi connectivity index (χ2v) is 6.12. The molecule has 0 aromatic heterocycles. The molecule has 0 saturated heterocycles. The highest BCUT2D eigenvalue weighted by molar-refractivity contribution is 9.10. The van der Waals surface area contributed by atoms with Gasteiger partial charge >= 0.3 is 0 Å². The van der Waals surface area contributed by atoms with Gasteiger partial charge in [0.25, 0.3) is 0 Å². The van der Waals surface area contributed by atoms with E-state index in [2.05, 4.69) is 57.6 Å². The largest absolute Gasteiger partial charge is 0.495 e. The first-order valence-corrected chi connectivity index (χ1v) is 7.70. The number of ether oxygens (including phenoxy) is 1. The van der Waals surface area contributed by atoms with Gasteiger partial charge in [0, 0.05) is 17.8 Å². The summed E-state index contributed by atoms with van der Waals surface area (Å²) in [6.07, 6.45) is 2.39. The average molecular weight is 332 g/mol. The number of methoxy groups -OCH3 is 1. The van der Waals surface area contributed by atoms with Crippen LogP contribution in [0.15, 0.2) is 53.0 Å². The second-order valence-electron chi connectivity index (χ2n) is 5.27. The molecule has 2 aromatic rings. The number of benzene rings is 2. The van der Waals surface area contributed by atoms with E-state index in [9.17, 15) is 0 Å². The van der Waals surface area contributed by atoms with Gasteiger partial charge in [0.15, 0.2) is 0 Å². The van der Waals surface area contributed by atoms with Gasteiger partial charge in [-0.05, 0) is 52.4 Å².